The van der Waals surface area contributed by atoms with E-state index < -0.39 is 0 Å². The number of nitrogens with zero attached hydrogens (tertiary/aromatic N) is 2. The van der Waals surface area contributed by atoms with Gasteiger partial charge in [-0.15, -0.1) is 0 Å². The molecule has 5 heteroatoms. The van der Waals surface area contributed by atoms with Gasteiger partial charge in [0.25, 0.3) is 0 Å². The zero-order valence-electron chi connectivity index (χ0n) is 15.9. The Bertz CT molecular complexity index is 453. The van der Waals surface area contributed by atoms with Crippen LogP contribution in [0.5, 0.6) is 0 Å². The molecule has 3 aliphatic rings. The van der Waals surface area contributed by atoms with Crippen LogP contribution in [0.1, 0.15) is 70.6 Å². The highest BCUT2D eigenvalue weighted by atomic mass is 16.2. The predicted molar refractivity (Wildman–Crippen MR) is 103 cm³/mol. The molecule has 3 fully saturated rings. The van der Waals surface area contributed by atoms with Crippen molar-refractivity contribution in [2.45, 2.75) is 76.7 Å². The predicted octanol–water partition coefficient (Wildman–Crippen LogP) is 2.91. The summed E-state index contributed by atoms with van der Waals surface area (Å²) in [4.78, 5) is 19.0. The molecule has 0 spiro atoms. The number of likely N-dealkylation sites (tertiary alicyclic amines) is 1. The second-order valence-corrected chi connectivity index (χ2v) is 8.19. The van der Waals surface area contributed by atoms with Gasteiger partial charge in [-0.1, -0.05) is 44.9 Å². The molecule has 2 aliphatic carbocycles. The number of hydrogen-bond acceptors (Lipinski definition) is 2. The van der Waals surface area contributed by atoms with E-state index in [2.05, 4.69) is 20.5 Å². The first-order chi connectivity index (χ1) is 12.3. The fourth-order valence-electron chi connectivity index (χ4n) is 4.77. The minimum atomic E-state index is 0.298. The Morgan fingerprint density at radius 1 is 1.04 bits per heavy atom. The molecule has 2 saturated carbocycles. The van der Waals surface area contributed by atoms with E-state index in [4.69, 9.17) is 0 Å². The number of nitrogens with one attached hydrogen (secondary N) is 2. The molecule has 0 aromatic carbocycles. The minimum Gasteiger partial charge on any atom is -0.356 e. The quantitative estimate of drug-likeness (QED) is 0.593. The summed E-state index contributed by atoms with van der Waals surface area (Å²) in [5, 5.41) is 7.00. The van der Waals surface area contributed by atoms with Gasteiger partial charge >= 0.3 is 0 Å². The summed E-state index contributed by atoms with van der Waals surface area (Å²) in [6, 6.07) is 0.339. The first-order valence-electron chi connectivity index (χ1n) is 10.5. The summed E-state index contributed by atoms with van der Waals surface area (Å²) in [7, 11) is 1.84. The SMILES string of the molecule is CN=C(NCCC1CCCCC1)NC1CCN(C(=O)C2CCCC2)C1. The molecule has 1 unspecified atom stereocenters. The maximum atomic E-state index is 12.5. The highest BCUT2D eigenvalue weighted by Crippen LogP contribution is 2.28. The van der Waals surface area contributed by atoms with Gasteiger partial charge in [0.05, 0.1) is 0 Å². The topological polar surface area (TPSA) is 56.7 Å². The van der Waals surface area contributed by atoms with Gasteiger partial charge in [-0.05, 0) is 31.6 Å². The summed E-state index contributed by atoms with van der Waals surface area (Å²) in [5.74, 6) is 2.48. The highest BCUT2D eigenvalue weighted by Gasteiger charge is 2.32. The zero-order chi connectivity index (χ0) is 17.5. The zero-order valence-corrected chi connectivity index (χ0v) is 15.9. The Hall–Kier alpha value is -1.26. The van der Waals surface area contributed by atoms with Crippen LogP contribution in [0.2, 0.25) is 0 Å². The molecule has 3 rings (SSSR count). The molecule has 1 saturated heterocycles. The summed E-state index contributed by atoms with van der Waals surface area (Å²) < 4.78 is 0. The molecule has 142 valence electrons. The molecular weight excluding hydrogens is 312 g/mol. The molecule has 1 heterocycles. The monoisotopic (exact) mass is 348 g/mol. The first kappa shape index (κ1) is 18.5. The van der Waals surface area contributed by atoms with Gasteiger partial charge in [0, 0.05) is 38.6 Å². The molecule has 2 N–H and O–H groups in total. The van der Waals surface area contributed by atoms with Crippen LogP contribution < -0.4 is 10.6 Å². The third kappa shape index (κ3) is 5.35. The molecule has 0 bridgehead atoms. The van der Waals surface area contributed by atoms with Crippen LogP contribution >= 0.6 is 0 Å². The standard InChI is InChI=1S/C20H36N4O/c1-21-20(22-13-11-16-7-3-2-4-8-16)23-18-12-14-24(15-18)19(25)17-9-5-6-10-17/h16-18H,2-15H2,1H3,(H2,21,22,23). The van der Waals surface area contributed by atoms with E-state index in [9.17, 15) is 4.79 Å². The molecule has 0 aromatic rings. The van der Waals surface area contributed by atoms with E-state index in [0.717, 1.165) is 50.8 Å². The molecule has 1 aliphatic heterocycles. The van der Waals surface area contributed by atoms with Crippen molar-refractivity contribution in [3.05, 3.63) is 0 Å². The summed E-state index contributed by atoms with van der Waals surface area (Å²) in [6.07, 6.45) is 13.9. The van der Waals surface area contributed by atoms with Crippen LogP contribution in [0.15, 0.2) is 4.99 Å². The van der Waals surface area contributed by atoms with Gasteiger partial charge in [0.1, 0.15) is 0 Å². The molecule has 0 aromatic heterocycles. The van der Waals surface area contributed by atoms with Gasteiger partial charge in [-0.3, -0.25) is 9.79 Å². The van der Waals surface area contributed by atoms with E-state index in [0.29, 0.717) is 17.9 Å². The number of carbonyl (C=O) groups excluding carboxylic acids is 1. The number of amides is 1. The molecule has 1 amide bonds. The summed E-state index contributed by atoms with van der Waals surface area (Å²) in [6.45, 7) is 2.73. The van der Waals surface area contributed by atoms with Crippen LogP contribution in [0.4, 0.5) is 0 Å². The second kappa shape index (κ2) is 9.44. The fourth-order valence-corrected chi connectivity index (χ4v) is 4.77. The summed E-state index contributed by atoms with van der Waals surface area (Å²) >= 11 is 0. The van der Waals surface area contributed by atoms with Crippen molar-refractivity contribution in [1.29, 1.82) is 0 Å². The minimum absolute atomic E-state index is 0.298. The van der Waals surface area contributed by atoms with Crippen molar-refractivity contribution in [3.8, 4) is 0 Å². The Balaban J connectivity index is 1.36. The van der Waals surface area contributed by atoms with Crippen molar-refractivity contribution in [2.75, 3.05) is 26.7 Å². The average molecular weight is 349 g/mol. The third-order valence-electron chi connectivity index (χ3n) is 6.34. The largest absolute Gasteiger partial charge is 0.356 e. The Morgan fingerprint density at radius 2 is 1.76 bits per heavy atom. The van der Waals surface area contributed by atoms with E-state index in [1.807, 2.05) is 7.05 Å². The van der Waals surface area contributed by atoms with E-state index in [1.54, 1.807) is 0 Å². The van der Waals surface area contributed by atoms with Crippen molar-refractivity contribution >= 4 is 11.9 Å². The van der Waals surface area contributed by atoms with Crippen molar-refractivity contribution in [1.82, 2.24) is 15.5 Å². The Kier molecular flexibility index (Phi) is 7.00. The maximum Gasteiger partial charge on any atom is 0.225 e. The van der Waals surface area contributed by atoms with Crippen molar-refractivity contribution < 1.29 is 4.79 Å². The molecular formula is C20H36N4O. The first-order valence-corrected chi connectivity index (χ1v) is 10.5. The second-order valence-electron chi connectivity index (χ2n) is 8.19. The van der Waals surface area contributed by atoms with Gasteiger partial charge in [-0.25, -0.2) is 0 Å². The molecule has 0 radical (unpaired) electrons. The van der Waals surface area contributed by atoms with Crippen molar-refractivity contribution in [3.63, 3.8) is 0 Å². The van der Waals surface area contributed by atoms with Gasteiger partial charge < -0.3 is 15.5 Å². The maximum absolute atomic E-state index is 12.5. The number of aliphatic imine (C=N–C) groups is 1. The van der Waals surface area contributed by atoms with Gasteiger partial charge in [0.15, 0.2) is 5.96 Å². The lowest BCUT2D eigenvalue weighted by molar-refractivity contribution is -0.134. The molecule has 1 atom stereocenters. The Labute approximate surface area is 153 Å². The van der Waals surface area contributed by atoms with Crippen LogP contribution in [0.3, 0.4) is 0 Å². The molecule has 5 nitrogen and oxygen atoms in total. The summed E-state index contributed by atoms with van der Waals surface area (Å²) in [5.41, 5.74) is 0. The number of rotatable bonds is 5. The Morgan fingerprint density at radius 3 is 2.48 bits per heavy atom. The van der Waals surface area contributed by atoms with E-state index >= 15 is 0 Å². The lowest BCUT2D eigenvalue weighted by Crippen LogP contribution is -2.45. The van der Waals surface area contributed by atoms with E-state index in [-0.39, 0.29) is 0 Å². The lowest BCUT2D eigenvalue weighted by atomic mass is 9.87. The molecule has 25 heavy (non-hydrogen) atoms. The number of guanidine groups is 1. The van der Waals surface area contributed by atoms with Crippen LogP contribution in [-0.4, -0.2) is 49.5 Å². The number of hydrogen-bond donors (Lipinski definition) is 2. The number of carbonyl (C=O) groups is 1. The van der Waals surface area contributed by atoms with Crippen LogP contribution in [0, 0.1) is 11.8 Å². The third-order valence-corrected chi connectivity index (χ3v) is 6.34. The smallest absolute Gasteiger partial charge is 0.225 e. The normalized spacial score (nSPS) is 26.2. The van der Waals surface area contributed by atoms with Gasteiger partial charge in [0.2, 0.25) is 5.91 Å². The highest BCUT2D eigenvalue weighted by molar-refractivity contribution is 5.81. The van der Waals surface area contributed by atoms with E-state index in [1.165, 1.54) is 51.4 Å². The van der Waals surface area contributed by atoms with Crippen LogP contribution in [0.25, 0.3) is 0 Å². The fraction of sp³-hybridized carbons (Fsp3) is 0.900. The van der Waals surface area contributed by atoms with Crippen molar-refractivity contribution in [2.24, 2.45) is 16.8 Å². The van der Waals surface area contributed by atoms with Gasteiger partial charge in [-0.2, -0.15) is 0 Å². The average Bonchev–Trinajstić information content (AvgIpc) is 3.33. The van der Waals surface area contributed by atoms with Crippen LogP contribution in [-0.2, 0) is 4.79 Å². The lowest BCUT2D eigenvalue weighted by Gasteiger charge is -2.23.